The molecule has 0 unspecified atom stereocenters. The largest absolute Gasteiger partial charge is 0.370 e. The monoisotopic (exact) mass is 355 g/mol. The van der Waals surface area contributed by atoms with E-state index in [1.807, 2.05) is 34.9 Å². The Hall–Kier alpha value is -2.47. The number of amides is 1. The summed E-state index contributed by atoms with van der Waals surface area (Å²) in [6.45, 7) is 9.64. The van der Waals surface area contributed by atoms with Crippen molar-refractivity contribution in [1.82, 2.24) is 14.9 Å². The summed E-state index contributed by atoms with van der Waals surface area (Å²) < 4.78 is 0. The molecule has 0 bridgehead atoms. The quantitative estimate of drug-likeness (QED) is 0.746. The lowest BCUT2D eigenvalue weighted by Crippen LogP contribution is -2.19. The Morgan fingerprint density at radius 1 is 1.04 bits per heavy atom. The van der Waals surface area contributed by atoms with Gasteiger partial charge in [0.25, 0.3) is 5.91 Å². The minimum atomic E-state index is -0.220. The lowest BCUT2D eigenvalue weighted by atomic mass is 10.0. The van der Waals surface area contributed by atoms with Crippen molar-refractivity contribution in [2.45, 2.75) is 34.1 Å². The van der Waals surface area contributed by atoms with Crippen molar-refractivity contribution in [3.8, 4) is 0 Å². The van der Waals surface area contributed by atoms with Gasteiger partial charge in [0.05, 0.1) is 0 Å². The summed E-state index contributed by atoms with van der Waals surface area (Å²) >= 11 is 0. The van der Waals surface area contributed by atoms with Crippen molar-refractivity contribution in [2.75, 3.05) is 37.8 Å². The van der Waals surface area contributed by atoms with Crippen molar-refractivity contribution >= 4 is 17.4 Å². The molecule has 0 spiro atoms. The van der Waals surface area contributed by atoms with Gasteiger partial charge in [0.1, 0.15) is 17.3 Å². The van der Waals surface area contributed by atoms with E-state index < -0.39 is 0 Å². The number of rotatable bonds is 7. The molecule has 2 aromatic rings. The molecule has 0 atom stereocenters. The first-order chi connectivity index (χ1) is 12.3. The van der Waals surface area contributed by atoms with Crippen LogP contribution in [-0.2, 0) is 0 Å². The van der Waals surface area contributed by atoms with E-state index in [0.29, 0.717) is 17.3 Å². The second-order valence-corrected chi connectivity index (χ2v) is 7.00. The molecular formula is C20H29N5O. The van der Waals surface area contributed by atoms with Crippen molar-refractivity contribution in [1.29, 1.82) is 0 Å². The van der Waals surface area contributed by atoms with Gasteiger partial charge in [-0.1, -0.05) is 17.7 Å². The first-order valence-corrected chi connectivity index (χ1v) is 8.89. The maximum Gasteiger partial charge on any atom is 0.274 e. The highest BCUT2D eigenvalue weighted by Gasteiger charge is 2.13. The lowest BCUT2D eigenvalue weighted by molar-refractivity contribution is 0.102. The minimum absolute atomic E-state index is 0.220. The van der Waals surface area contributed by atoms with Crippen LogP contribution in [0.5, 0.6) is 0 Å². The van der Waals surface area contributed by atoms with E-state index in [1.165, 1.54) is 5.56 Å². The molecule has 1 aromatic carbocycles. The van der Waals surface area contributed by atoms with Crippen LogP contribution < -0.4 is 10.6 Å². The van der Waals surface area contributed by atoms with Crippen molar-refractivity contribution in [3.63, 3.8) is 0 Å². The smallest absolute Gasteiger partial charge is 0.274 e. The fourth-order valence-corrected chi connectivity index (χ4v) is 2.94. The van der Waals surface area contributed by atoms with E-state index in [0.717, 1.165) is 36.3 Å². The molecule has 0 aliphatic carbocycles. The van der Waals surface area contributed by atoms with Crippen molar-refractivity contribution in [2.24, 2.45) is 0 Å². The SMILES string of the molecule is Cc1cc(C)c(NC(=O)c2cc(NCCCN(C)C)nc(C)n2)c(C)c1. The van der Waals surface area contributed by atoms with Crippen LogP contribution in [0.1, 0.15) is 39.4 Å². The van der Waals surface area contributed by atoms with Gasteiger partial charge in [0, 0.05) is 18.3 Å². The summed E-state index contributed by atoms with van der Waals surface area (Å²) in [4.78, 5) is 23.5. The fourth-order valence-electron chi connectivity index (χ4n) is 2.94. The molecule has 0 saturated heterocycles. The Morgan fingerprint density at radius 3 is 2.31 bits per heavy atom. The standard InChI is InChI=1S/C20H29N5O/c1-13-10-14(2)19(15(3)11-13)24-20(26)17-12-18(23-16(4)22-17)21-8-7-9-25(5)6/h10-12H,7-9H2,1-6H3,(H,24,26)(H,21,22,23). The second-order valence-electron chi connectivity index (χ2n) is 7.00. The van der Waals surface area contributed by atoms with Gasteiger partial charge in [-0.25, -0.2) is 9.97 Å². The number of nitrogens with zero attached hydrogens (tertiary/aromatic N) is 3. The van der Waals surface area contributed by atoms with Gasteiger partial charge in [0.15, 0.2) is 0 Å². The number of aromatic nitrogens is 2. The summed E-state index contributed by atoms with van der Waals surface area (Å²) in [5.74, 6) is 1.03. The molecule has 0 radical (unpaired) electrons. The molecule has 0 fully saturated rings. The molecule has 6 heteroatoms. The number of hydrogen-bond acceptors (Lipinski definition) is 5. The summed E-state index contributed by atoms with van der Waals surface area (Å²) in [7, 11) is 4.10. The van der Waals surface area contributed by atoms with Gasteiger partial charge in [-0.3, -0.25) is 4.79 Å². The summed E-state index contributed by atoms with van der Waals surface area (Å²) in [6.07, 6.45) is 0.999. The number of benzene rings is 1. The van der Waals surface area contributed by atoms with E-state index in [4.69, 9.17) is 0 Å². The van der Waals surface area contributed by atoms with Crippen LogP contribution in [0.15, 0.2) is 18.2 Å². The summed E-state index contributed by atoms with van der Waals surface area (Å²) in [6, 6.07) is 5.83. The Labute approximate surface area is 156 Å². The molecule has 1 heterocycles. The van der Waals surface area contributed by atoms with E-state index in [1.54, 1.807) is 13.0 Å². The van der Waals surface area contributed by atoms with Crippen LogP contribution in [0.2, 0.25) is 0 Å². The first kappa shape index (κ1) is 19.8. The zero-order valence-corrected chi connectivity index (χ0v) is 16.6. The molecule has 0 saturated carbocycles. The predicted octanol–water partition coefficient (Wildman–Crippen LogP) is 3.33. The Bertz CT molecular complexity index is 763. The predicted molar refractivity (Wildman–Crippen MR) is 107 cm³/mol. The fraction of sp³-hybridized carbons (Fsp3) is 0.450. The Morgan fingerprint density at radius 2 is 1.69 bits per heavy atom. The second kappa shape index (κ2) is 8.76. The van der Waals surface area contributed by atoms with Crippen LogP contribution in [0, 0.1) is 27.7 Å². The normalized spacial score (nSPS) is 10.9. The van der Waals surface area contributed by atoms with Crippen molar-refractivity contribution < 1.29 is 4.79 Å². The Kier molecular flexibility index (Phi) is 6.69. The van der Waals surface area contributed by atoms with Gasteiger partial charge in [-0.2, -0.15) is 0 Å². The van der Waals surface area contributed by atoms with E-state index in [-0.39, 0.29) is 5.91 Å². The van der Waals surface area contributed by atoms with Gasteiger partial charge >= 0.3 is 0 Å². The number of nitrogens with one attached hydrogen (secondary N) is 2. The average Bonchev–Trinajstić information content (AvgIpc) is 2.54. The van der Waals surface area contributed by atoms with Crippen LogP contribution in [0.3, 0.4) is 0 Å². The molecule has 26 heavy (non-hydrogen) atoms. The third-order valence-corrected chi connectivity index (χ3v) is 4.07. The lowest BCUT2D eigenvalue weighted by Gasteiger charge is -2.14. The zero-order chi connectivity index (χ0) is 19.3. The average molecular weight is 355 g/mol. The molecule has 0 aliphatic heterocycles. The van der Waals surface area contributed by atoms with Gasteiger partial charge in [-0.05, 0) is 65.9 Å². The number of anilines is 2. The third-order valence-electron chi connectivity index (χ3n) is 4.07. The maximum atomic E-state index is 12.7. The van der Waals surface area contributed by atoms with Crippen LogP contribution in [0.25, 0.3) is 0 Å². The maximum absolute atomic E-state index is 12.7. The molecular weight excluding hydrogens is 326 g/mol. The third kappa shape index (κ3) is 5.52. The van der Waals surface area contributed by atoms with E-state index >= 15 is 0 Å². The molecule has 2 rings (SSSR count). The number of carbonyl (C=O) groups excluding carboxylic acids is 1. The first-order valence-electron chi connectivity index (χ1n) is 8.89. The number of hydrogen-bond donors (Lipinski definition) is 2. The van der Waals surface area contributed by atoms with E-state index in [9.17, 15) is 4.79 Å². The molecule has 0 aliphatic rings. The number of carbonyl (C=O) groups is 1. The van der Waals surface area contributed by atoms with Crippen LogP contribution in [0.4, 0.5) is 11.5 Å². The Balaban J connectivity index is 2.11. The highest BCUT2D eigenvalue weighted by Crippen LogP contribution is 2.22. The number of aryl methyl sites for hydroxylation is 4. The van der Waals surface area contributed by atoms with Gasteiger partial charge in [0.2, 0.25) is 0 Å². The van der Waals surface area contributed by atoms with Crippen LogP contribution >= 0.6 is 0 Å². The zero-order valence-electron chi connectivity index (χ0n) is 16.6. The molecule has 140 valence electrons. The summed E-state index contributed by atoms with van der Waals surface area (Å²) in [5.41, 5.74) is 4.48. The highest BCUT2D eigenvalue weighted by atomic mass is 16.1. The van der Waals surface area contributed by atoms with Gasteiger partial charge < -0.3 is 15.5 Å². The molecule has 2 N–H and O–H groups in total. The molecule has 1 aromatic heterocycles. The van der Waals surface area contributed by atoms with Crippen molar-refractivity contribution in [3.05, 3.63) is 46.4 Å². The molecule has 6 nitrogen and oxygen atoms in total. The van der Waals surface area contributed by atoms with E-state index in [2.05, 4.69) is 37.6 Å². The topological polar surface area (TPSA) is 70.2 Å². The molecule has 1 amide bonds. The van der Waals surface area contributed by atoms with Gasteiger partial charge in [-0.15, -0.1) is 0 Å². The van der Waals surface area contributed by atoms with Crippen LogP contribution in [-0.4, -0.2) is 48.0 Å². The summed E-state index contributed by atoms with van der Waals surface area (Å²) in [5, 5.41) is 6.27. The highest BCUT2D eigenvalue weighted by molar-refractivity contribution is 6.04. The minimum Gasteiger partial charge on any atom is -0.370 e.